The van der Waals surface area contributed by atoms with E-state index in [0.717, 1.165) is 29.8 Å². The van der Waals surface area contributed by atoms with Crippen LogP contribution < -0.4 is 0 Å². The number of fused-ring (bicyclic) bond motifs is 1. The molecule has 3 heteroatoms. The average Bonchev–Trinajstić information content (AvgIpc) is 3.19. The molecule has 0 amide bonds. The van der Waals surface area contributed by atoms with Crippen LogP contribution in [-0.2, 0) is 0 Å². The normalized spacial score (nSPS) is 17.2. The number of benzene rings is 1. The first-order chi connectivity index (χ1) is 8.33. The van der Waals surface area contributed by atoms with Gasteiger partial charge in [0.15, 0.2) is 0 Å². The molecule has 1 aliphatic carbocycles. The highest BCUT2D eigenvalue weighted by Crippen LogP contribution is 2.35. The highest BCUT2D eigenvalue weighted by molar-refractivity contribution is 5.73. The molecule has 1 aromatic carbocycles. The second-order valence-corrected chi connectivity index (χ2v) is 4.82. The molecule has 0 bridgehead atoms. The Bertz CT molecular complexity index is 522. The third kappa shape index (κ3) is 2.44. The van der Waals surface area contributed by atoms with Crippen LogP contribution in [0.2, 0.25) is 0 Å². The summed E-state index contributed by atoms with van der Waals surface area (Å²) in [6, 6.07) is 7.75. The van der Waals surface area contributed by atoms with Crippen LogP contribution in [0.1, 0.15) is 37.5 Å². The SMILES string of the molecule is OC(CCC1CC1)c1cnc2ccccc2n1. The lowest BCUT2D eigenvalue weighted by Crippen LogP contribution is -2.02. The number of aromatic nitrogens is 2. The number of hydrogen-bond acceptors (Lipinski definition) is 3. The van der Waals surface area contributed by atoms with Gasteiger partial charge < -0.3 is 5.11 Å². The molecule has 1 N–H and O–H groups in total. The van der Waals surface area contributed by atoms with Gasteiger partial charge in [-0.2, -0.15) is 0 Å². The fraction of sp³-hybridized carbons (Fsp3) is 0.429. The second-order valence-electron chi connectivity index (χ2n) is 4.82. The summed E-state index contributed by atoms with van der Waals surface area (Å²) in [5.74, 6) is 0.845. The van der Waals surface area contributed by atoms with Crippen LogP contribution >= 0.6 is 0 Å². The monoisotopic (exact) mass is 228 g/mol. The van der Waals surface area contributed by atoms with E-state index in [-0.39, 0.29) is 0 Å². The van der Waals surface area contributed by atoms with E-state index in [2.05, 4.69) is 9.97 Å². The minimum atomic E-state index is -0.465. The average molecular weight is 228 g/mol. The zero-order chi connectivity index (χ0) is 11.7. The van der Waals surface area contributed by atoms with E-state index >= 15 is 0 Å². The first-order valence-corrected chi connectivity index (χ1v) is 6.22. The molecule has 0 radical (unpaired) electrons. The van der Waals surface area contributed by atoms with Crippen molar-refractivity contribution < 1.29 is 5.11 Å². The Morgan fingerprint density at radius 1 is 1.24 bits per heavy atom. The first-order valence-electron chi connectivity index (χ1n) is 6.22. The first kappa shape index (κ1) is 10.7. The number of aliphatic hydroxyl groups is 1. The number of aliphatic hydroxyl groups excluding tert-OH is 1. The van der Waals surface area contributed by atoms with Crippen molar-refractivity contribution >= 4 is 11.0 Å². The van der Waals surface area contributed by atoms with Gasteiger partial charge in [0.05, 0.1) is 29.0 Å². The van der Waals surface area contributed by atoms with E-state index in [1.165, 1.54) is 12.8 Å². The van der Waals surface area contributed by atoms with Gasteiger partial charge in [-0.1, -0.05) is 25.0 Å². The summed E-state index contributed by atoms with van der Waals surface area (Å²) in [6.07, 6.45) is 5.80. The lowest BCUT2D eigenvalue weighted by molar-refractivity contribution is 0.157. The van der Waals surface area contributed by atoms with Crippen molar-refractivity contribution in [3.63, 3.8) is 0 Å². The lowest BCUT2D eigenvalue weighted by Gasteiger charge is -2.09. The summed E-state index contributed by atoms with van der Waals surface area (Å²) in [4.78, 5) is 8.78. The molecule has 1 aromatic heterocycles. The molecule has 0 saturated heterocycles. The molecule has 1 aliphatic rings. The maximum atomic E-state index is 10.1. The van der Waals surface area contributed by atoms with Crippen LogP contribution in [0.3, 0.4) is 0 Å². The van der Waals surface area contributed by atoms with Gasteiger partial charge in [0.1, 0.15) is 0 Å². The van der Waals surface area contributed by atoms with Gasteiger partial charge >= 0.3 is 0 Å². The zero-order valence-corrected chi connectivity index (χ0v) is 9.71. The highest BCUT2D eigenvalue weighted by atomic mass is 16.3. The molecule has 1 atom stereocenters. The van der Waals surface area contributed by atoms with Crippen molar-refractivity contribution in [2.24, 2.45) is 5.92 Å². The summed E-state index contributed by atoms with van der Waals surface area (Å²) < 4.78 is 0. The Labute approximate surface area is 101 Å². The van der Waals surface area contributed by atoms with Gasteiger partial charge in [0.2, 0.25) is 0 Å². The van der Waals surface area contributed by atoms with Gasteiger partial charge in [0, 0.05) is 0 Å². The van der Waals surface area contributed by atoms with E-state index in [1.807, 2.05) is 24.3 Å². The zero-order valence-electron chi connectivity index (χ0n) is 9.71. The van der Waals surface area contributed by atoms with Crippen molar-refractivity contribution in [1.29, 1.82) is 0 Å². The third-order valence-corrected chi connectivity index (χ3v) is 3.35. The Kier molecular flexibility index (Phi) is 2.77. The van der Waals surface area contributed by atoms with Crippen molar-refractivity contribution in [1.82, 2.24) is 9.97 Å². The van der Waals surface area contributed by atoms with Crippen LogP contribution in [-0.4, -0.2) is 15.1 Å². The minimum Gasteiger partial charge on any atom is -0.387 e. The third-order valence-electron chi connectivity index (χ3n) is 3.35. The number of nitrogens with zero attached hydrogens (tertiary/aromatic N) is 2. The molecule has 1 saturated carbocycles. The van der Waals surface area contributed by atoms with Crippen molar-refractivity contribution in [3.05, 3.63) is 36.2 Å². The molecule has 88 valence electrons. The predicted octanol–water partition coefficient (Wildman–Crippen LogP) is 2.85. The van der Waals surface area contributed by atoms with E-state index < -0.39 is 6.10 Å². The molecule has 3 rings (SSSR count). The maximum absolute atomic E-state index is 10.1. The van der Waals surface area contributed by atoms with Crippen LogP contribution in [0, 0.1) is 5.92 Å². The number of para-hydroxylation sites is 2. The van der Waals surface area contributed by atoms with Crippen molar-refractivity contribution in [2.45, 2.75) is 31.8 Å². The Hall–Kier alpha value is -1.48. The van der Waals surface area contributed by atoms with E-state index in [1.54, 1.807) is 6.20 Å². The van der Waals surface area contributed by atoms with Gasteiger partial charge in [-0.15, -0.1) is 0 Å². The van der Waals surface area contributed by atoms with Gasteiger partial charge in [-0.05, 0) is 30.9 Å². The van der Waals surface area contributed by atoms with Crippen LogP contribution in [0.5, 0.6) is 0 Å². The summed E-state index contributed by atoms with van der Waals surface area (Å²) in [5.41, 5.74) is 2.44. The number of hydrogen-bond donors (Lipinski definition) is 1. The fourth-order valence-electron chi connectivity index (χ4n) is 2.08. The molecular formula is C14H16N2O. The molecule has 1 unspecified atom stereocenters. The second kappa shape index (κ2) is 4.41. The molecular weight excluding hydrogens is 212 g/mol. The van der Waals surface area contributed by atoms with Crippen LogP contribution in [0.25, 0.3) is 11.0 Å². The van der Waals surface area contributed by atoms with Crippen molar-refractivity contribution in [2.75, 3.05) is 0 Å². The topological polar surface area (TPSA) is 46.0 Å². The molecule has 0 spiro atoms. The van der Waals surface area contributed by atoms with Crippen LogP contribution in [0.15, 0.2) is 30.5 Å². The predicted molar refractivity (Wildman–Crippen MR) is 66.5 cm³/mol. The molecule has 1 heterocycles. The smallest absolute Gasteiger partial charge is 0.0975 e. The maximum Gasteiger partial charge on any atom is 0.0975 e. The minimum absolute atomic E-state index is 0.465. The quantitative estimate of drug-likeness (QED) is 0.875. The number of rotatable bonds is 4. The Morgan fingerprint density at radius 3 is 2.76 bits per heavy atom. The Balaban J connectivity index is 1.78. The van der Waals surface area contributed by atoms with Gasteiger partial charge in [0.25, 0.3) is 0 Å². The highest BCUT2D eigenvalue weighted by Gasteiger charge is 2.22. The largest absolute Gasteiger partial charge is 0.387 e. The van der Waals surface area contributed by atoms with E-state index in [9.17, 15) is 5.11 Å². The molecule has 0 aliphatic heterocycles. The molecule has 1 fully saturated rings. The summed E-state index contributed by atoms with van der Waals surface area (Å²) in [6.45, 7) is 0. The molecule has 2 aromatic rings. The van der Waals surface area contributed by atoms with Crippen molar-refractivity contribution in [3.8, 4) is 0 Å². The molecule has 17 heavy (non-hydrogen) atoms. The molecule has 3 nitrogen and oxygen atoms in total. The summed E-state index contributed by atoms with van der Waals surface area (Å²) >= 11 is 0. The van der Waals surface area contributed by atoms with Crippen LogP contribution in [0.4, 0.5) is 0 Å². The lowest BCUT2D eigenvalue weighted by atomic mass is 10.1. The van der Waals surface area contributed by atoms with E-state index in [0.29, 0.717) is 5.69 Å². The Morgan fingerprint density at radius 2 is 2.00 bits per heavy atom. The standard InChI is InChI=1S/C14H16N2O/c17-14(8-7-10-5-6-10)13-9-15-11-3-1-2-4-12(11)16-13/h1-4,9-10,14,17H,5-8H2. The van der Waals surface area contributed by atoms with Gasteiger partial charge in [-0.25, -0.2) is 4.98 Å². The van der Waals surface area contributed by atoms with Gasteiger partial charge in [-0.3, -0.25) is 4.98 Å². The summed E-state index contributed by atoms with van der Waals surface area (Å²) in [5, 5.41) is 10.1. The van der Waals surface area contributed by atoms with E-state index in [4.69, 9.17) is 0 Å². The summed E-state index contributed by atoms with van der Waals surface area (Å²) in [7, 11) is 0. The fourth-order valence-corrected chi connectivity index (χ4v) is 2.08.